The number of carbonyl (C=O) groups is 1. The van der Waals surface area contributed by atoms with Crippen molar-refractivity contribution in [3.63, 3.8) is 0 Å². The Bertz CT molecular complexity index is 1010. The largest absolute Gasteiger partial charge is 0.486 e. The molecule has 0 saturated carbocycles. The van der Waals surface area contributed by atoms with Crippen LogP contribution in [0.4, 0.5) is 5.69 Å². The summed E-state index contributed by atoms with van der Waals surface area (Å²) < 4.78 is 7.12. The second kappa shape index (κ2) is 9.67. The van der Waals surface area contributed by atoms with E-state index in [1.807, 2.05) is 56.3 Å². The Balaban J connectivity index is 1.53. The number of aryl methyl sites for hydroxylation is 1. The van der Waals surface area contributed by atoms with Crippen molar-refractivity contribution in [1.82, 2.24) is 14.9 Å². The number of anilines is 1. The van der Waals surface area contributed by atoms with Gasteiger partial charge in [0.25, 0.3) is 0 Å². The fourth-order valence-corrected chi connectivity index (χ4v) is 3.48. The van der Waals surface area contributed by atoms with Crippen molar-refractivity contribution in [2.45, 2.75) is 45.4 Å². The van der Waals surface area contributed by atoms with Gasteiger partial charge in [0.05, 0.1) is 5.75 Å². The van der Waals surface area contributed by atoms with Crippen LogP contribution in [-0.4, -0.2) is 26.5 Å². The molecule has 0 bridgehead atoms. The van der Waals surface area contributed by atoms with Gasteiger partial charge in [-0.1, -0.05) is 49.9 Å². The average Bonchev–Trinajstić information content (AvgIpc) is 3.08. The third kappa shape index (κ3) is 5.33. The fourth-order valence-electron chi connectivity index (χ4n) is 2.80. The Morgan fingerprint density at radius 2 is 1.90 bits per heavy atom. The van der Waals surface area contributed by atoms with Gasteiger partial charge in [-0.05, 0) is 54.7 Å². The highest BCUT2D eigenvalue weighted by atomic mass is 32.2. The second-order valence-corrected chi connectivity index (χ2v) is 8.31. The Morgan fingerprint density at radius 3 is 2.60 bits per heavy atom. The minimum absolute atomic E-state index is 0.125. The molecule has 0 spiro atoms. The van der Waals surface area contributed by atoms with Crippen LogP contribution in [0, 0.1) is 13.8 Å². The van der Waals surface area contributed by atoms with Gasteiger partial charge in [0, 0.05) is 5.69 Å². The van der Waals surface area contributed by atoms with Gasteiger partial charge in [0.1, 0.15) is 12.4 Å². The lowest BCUT2D eigenvalue weighted by Gasteiger charge is -2.10. The molecule has 0 aliphatic heterocycles. The molecule has 0 atom stereocenters. The maximum Gasteiger partial charge on any atom is 0.234 e. The number of nitrogens with zero attached hydrogens (tertiary/aromatic N) is 3. The van der Waals surface area contributed by atoms with Crippen molar-refractivity contribution >= 4 is 23.4 Å². The van der Waals surface area contributed by atoms with Crippen LogP contribution < -0.4 is 15.9 Å². The number of thioether (sulfide) groups is 1. The minimum Gasteiger partial charge on any atom is -0.486 e. The molecule has 7 nitrogen and oxygen atoms in total. The van der Waals surface area contributed by atoms with Crippen molar-refractivity contribution in [3.8, 4) is 5.75 Å². The van der Waals surface area contributed by atoms with Crippen molar-refractivity contribution in [3.05, 3.63) is 65.0 Å². The predicted molar refractivity (Wildman–Crippen MR) is 120 cm³/mol. The number of carbonyl (C=O) groups excluding carboxylic acids is 1. The standard InChI is InChI=1S/C22H27N5O2S/c1-14(2)17-8-10-18(11-9-17)29-12-20-25-26-22(27(20)23)30-13-21(28)24-19-7-5-6-15(3)16(19)4/h5-11,14H,12-13,23H2,1-4H3,(H,24,28). The zero-order chi connectivity index (χ0) is 21.7. The number of nitrogens with two attached hydrogens (primary N) is 1. The van der Waals surface area contributed by atoms with Crippen LogP contribution >= 0.6 is 11.8 Å². The number of rotatable bonds is 8. The molecule has 30 heavy (non-hydrogen) atoms. The molecule has 1 heterocycles. The van der Waals surface area contributed by atoms with Crippen molar-refractivity contribution in [2.75, 3.05) is 16.9 Å². The van der Waals surface area contributed by atoms with Crippen LogP contribution in [0.5, 0.6) is 5.75 Å². The molecule has 0 fully saturated rings. The number of aromatic nitrogens is 3. The van der Waals surface area contributed by atoms with Crippen molar-refractivity contribution in [2.24, 2.45) is 0 Å². The quantitative estimate of drug-likeness (QED) is 0.418. The Morgan fingerprint density at radius 1 is 1.17 bits per heavy atom. The van der Waals surface area contributed by atoms with Crippen molar-refractivity contribution < 1.29 is 9.53 Å². The van der Waals surface area contributed by atoms with Gasteiger partial charge in [0.15, 0.2) is 5.82 Å². The molecule has 0 unspecified atom stereocenters. The van der Waals surface area contributed by atoms with Crippen LogP contribution in [-0.2, 0) is 11.4 Å². The second-order valence-electron chi connectivity index (χ2n) is 7.37. The maximum absolute atomic E-state index is 12.3. The maximum atomic E-state index is 12.3. The van der Waals surface area contributed by atoms with Gasteiger partial charge < -0.3 is 15.9 Å². The lowest BCUT2D eigenvalue weighted by Crippen LogP contribution is -2.18. The first kappa shape index (κ1) is 21.7. The highest BCUT2D eigenvalue weighted by molar-refractivity contribution is 7.99. The van der Waals surface area contributed by atoms with E-state index >= 15 is 0 Å². The van der Waals surface area contributed by atoms with E-state index in [1.165, 1.54) is 22.0 Å². The van der Waals surface area contributed by atoms with E-state index in [4.69, 9.17) is 10.6 Å². The van der Waals surface area contributed by atoms with E-state index in [9.17, 15) is 4.79 Å². The molecule has 3 aromatic rings. The first-order chi connectivity index (χ1) is 14.3. The van der Waals surface area contributed by atoms with Gasteiger partial charge in [-0.2, -0.15) is 0 Å². The molecule has 3 N–H and O–H groups in total. The van der Waals surface area contributed by atoms with E-state index in [0.29, 0.717) is 16.9 Å². The van der Waals surface area contributed by atoms with Gasteiger partial charge in [0.2, 0.25) is 11.1 Å². The Kier molecular flexibility index (Phi) is 6.99. The third-order valence-corrected chi connectivity index (χ3v) is 5.80. The summed E-state index contributed by atoms with van der Waals surface area (Å²) >= 11 is 1.23. The molecule has 8 heteroatoms. The van der Waals surface area contributed by atoms with E-state index in [2.05, 4.69) is 29.4 Å². The molecule has 1 amide bonds. The summed E-state index contributed by atoms with van der Waals surface area (Å²) in [6, 6.07) is 13.8. The van der Waals surface area contributed by atoms with E-state index in [1.54, 1.807) is 0 Å². The lowest BCUT2D eigenvalue weighted by molar-refractivity contribution is -0.113. The van der Waals surface area contributed by atoms with Crippen molar-refractivity contribution in [1.29, 1.82) is 0 Å². The fraction of sp³-hybridized carbons (Fsp3) is 0.318. The first-order valence-electron chi connectivity index (χ1n) is 9.76. The molecule has 0 aliphatic rings. The Labute approximate surface area is 181 Å². The highest BCUT2D eigenvalue weighted by Gasteiger charge is 2.14. The molecule has 1 aromatic heterocycles. The van der Waals surface area contributed by atoms with E-state index < -0.39 is 0 Å². The molecule has 0 radical (unpaired) electrons. The van der Waals surface area contributed by atoms with Crippen LogP contribution in [0.2, 0.25) is 0 Å². The predicted octanol–water partition coefficient (Wildman–Crippen LogP) is 4.04. The summed E-state index contributed by atoms with van der Waals surface area (Å²) in [5.74, 6) is 7.83. The summed E-state index contributed by atoms with van der Waals surface area (Å²) in [7, 11) is 0. The molecule has 158 valence electrons. The highest BCUT2D eigenvalue weighted by Crippen LogP contribution is 2.21. The average molecular weight is 426 g/mol. The normalized spacial score (nSPS) is 11.0. The smallest absolute Gasteiger partial charge is 0.234 e. The van der Waals surface area contributed by atoms with Gasteiger partial charge in [-0.15, -0.1) is 10.2 Å². The number of hydrogen-bond acceptors (Lipinski definition) is 6. The number of ether oxygens (including phenoxy) is 1. The molecule has 0 aliphatic carbocycles. The van der Waals surface area contributed by atoms with E-state index in [0.717, 1.165) is 22.6 Å². The third-order valence-electron chi connectivity index (χ3n) is 4.86. The zero-order valence-corrected chi connectivity index (χ0v) is 18.5. The Hall–Kier alpha value is -3.00. The summed E-state index contributed by atoms with van der Waals surface area (Å²) in [5, 5.41) is 11.5. The SMILES string of the molecule is Cc1cccc(NC(=O)CSc2nnc(COc3ccc(C(C)C)cc3)n2N)c1C. The molecular weight excluding hydrogens is 398 g/mol. The topological polar surface area (TPSA) is 95.1 Å². The monoisotopic (exact) mass is 425 g/mol. The molecule has 0 saturated heterocycles. The lowest BCUT2D eigenvalue weighted by atomic mass is 10.0. The molecule has 2 aromatic carbocycles. The zero-order valence-electron chi connectivity index (χ0n) is 17.7. The number of benzene rings is 2. The number of nitrogens with one attached hydrogen (secondary N) is 1. The summed E-state index contributed by atoms with van der Waals surface area (Å²) in [4.78, 5) is 12.3. The number of nitrogen functional groups attached to an aromatic ring is 1. The first-order valence-corrected chi connectivity index (χ1v) is 10.7. The van der Waals surface area contributed by atoms with Crippen LogP contribution in [0.15, 0.2) is 47.6 Å². The minimum atomic E-state index is -0.125. The van der Waals surface area contributed by atoms with E-state index in [-0.39, 0.29) is 18.3 Å². The van der Waals surface area contributed by atoms with Gasteiger partial charge in [-0.25, -0.2) is 4.68 Å². The summed E-state index contributed by atoms with van der Waals surface area (Å²) in [6.07, 6.45) is 0. The van der Waals surface area contributed by atoms with Gasteiger partial charge in [-0.3, -0.25) is 4.79 Å². The molecular formula is C22H27N5O2S. The van der Waals surface area contributed by atoms with Crippen LogP contribution in [0.3, 0.4) is 0 Å². The summed E-state index contributed by atoms with van der Waals surface area (Å²) in [5.41, 5.74) is 4.25. The number of hydrogen-bond donors (Lipinski definition) is 2. The number of amides is 1. The molecule has 3 rings (SSSR count). The van der Waals surface area contributed by atoms with Crippen LogP contribution in [0.25, 0.3) is 0 Å². The van der Waals surface area contributed by atoms with Crippen LogP contribution in [0.1, 0.15) is 42.3 Å². The van der Waals surface area contributed by atoms with Gasteiger partial charge >= 0.3 is 0 Å². The summed E-state index contributed by atoms with van der Waals surface area (Å²) in [6.45, 7) is 8.48.